The van der Waals surface area contributed by atoms with Gasteiger partial charge in [-0.1, -0.05) is 20.8 Å². The normalized spacial score (nSPS) is 13.0. The Labute approximate surface area is 134 Å². The monoisotopic (exact) mass is 358 g/mol. The topological polar surface area (TPSA) is 55.1 Å². The van der Waals surface area contributed by atoms with Crippen LogP contribution in [0.1, 0.15) is 40.0 Å². The van der Waals surface area contributed by atoms with Gasteiger partial charge in [-0.3, -0.25) is 4.79 Å². The molecule has 1 aromatic rings. The van der Waals surface area contributed by atoms with Crippen molar-refractivity contribution in [3.63, 3.8) is 0 Å². The molecule has 0 fully saturated rings. The molecule has 0 aliphatic rings. The second-order valence-corrected chi connectivity index (χ2v) is 7.21. The third-order valence-electron chi connectivity index (χ3n) is 3.66. The largest absolute Gasteiger partial charge is 0.330 e. The van der Waals surface area contributed by atoms with Gasteiger partial charge in [-0.05, 0) is 64.8 Å². The van der Waals surface area contributed by atoms with E-state index in [0.717, 1.165) is 12.8 Å². The molecule has 5 heteroatoms. The van der Waals surface area contributed by atoms with Crippen molar-refractivity contribution in [1.82, 2.24) is 0 Å². The third kappa shape index (κ3) is 6.14. The maximum Gasteiger partial charge on any atom is 0.224 e. The number of nitrogens with one attached hydrogen (secondary N) is 1. The minimum absolute atomic E-state index is 0.0558. The second-order valence-electron chi connectivity index (χ2n) is 6.36. The van der Waals surface area contributed by atoms with E-state index in [4.69, 9.17) is 5.73 Å². The van der Waals surface area contributed by atoms with Gasteiger partial charge in [0.25, 0.3) is 0 Å². The zero-order valence-corrected chi connectivity index (χ0v) is 14.5. The number of rotatable bonds is 6. The summed E-state index contributed by atoms with van der Waals surface area (Å²) < 4.78 is 13.5. The van der Waals surface area contributed by atoms with Gasteiger partial charge in [0, 0.05) is 12.1 Å². The average molecular weight is 359 g/mol. The van der Waals surface area contributed by atoms with Gasteiger partial charge < -0.3 is 11.1 Å². The van der Waals surface area contributed by atoms with Crippen molar-refractivity contribution in [2.45, 2.75) is 40.0 Å². The first-order valence-electron chi connectivity index (χ1n) is 7.19. The molecule has 0 saturated carbocycles. The second kappa shape index (κ2) is 7.90. The smallest absolute Gasteiger partial charge is 0.224 e. The fourth-order valence-corrected chi connectivity index (χ4v) is 2.69. The van der Waals surface area contributed by atoms with E-state index >= 15 is 0 Å². The van der Waals surface area contributed by atoms with Crippen LogP contribution in [-0.4, -0.2) is 12.5 Å². The highest BCUT2D eigenvalue weighted by molar-refractivity contribution is 9.10. The molecule has 0 saturated heterocycles. The Balaban J connectivity index is 2.54. The summed E-state index contributed by atoms with van der Waals surface area (Å²) in [5.74, 6) is 0.0109. The van der Waals surface area contributed by atoms with E-state index in [0.29, 0.717) is 29.0 Å². The quantitative estimate of drug-likeness (QED) is 0.795. The van der Waals surface area contributed by atoms with Gasteiger partial charge in [-0.2, -0.15) is 0 Å². The lowest BCUT2D eigenvalue weighted by molar-refractivity contribution is -0.116. The Hall–Kier alpha value is -0.940. The Morgan fingerprint density at radius 3 is 2.57 bits per heavy atom. The van der Waals surface area contributed by atoms with Crippen molar-refractivity contribution in [2.75, 3.05) is 11.9 Å². The maximum absolute atomic E-state index is 13.1. The number of carbonyl (C=O) groups excluding carboxylic acids is 1. The molecule has 0 radical (unpaired) electrons. The first-order valence-corrected chi connectivity index (χ1v) is 7.98. The van der Waals surface area contributed by atoms with Gasteiger partial charge in [-0.25, -0.2) is 4.39 Å². The van der Waals surface area contributed by atoms with E-state index < -0.39 is 0 Å². The number of amides is 1. The van der Waals surface area contributed by atoms with Crippen molar-refractivity contribution in [1.29, 1.82) is 0 Å². The van der Waals surface area contributed by atoms with Crippen LogP contribution in [0.2, 0.25) is 0 Å². The number of anilines is 1. The van der Waals surface area contributed by atoms with Crippen LogP contribution >= 0.6 is 15.9 Å². The van der Waals surface area contributed by atoms with E-state index in [1.807, 2.05) is 0 Å². The molecule has 0 bridgehead atoms. The molecule has 1 atom stereocenters. The molecule has 21 heavy (non-hydrogen) atoms. The van der Waals surface area contributed by atoms with E-state index in [-0.39, 0.29) is 17.1 Å². The summed E-state index contributed by atoms with van der Waals surface area (Å²) in [6, 6.07) is 4.44. The molecule has 0 aliphatic heterocycles. The highest BCUT2D eigenvalue weighted by Crippen LogP contribution is 2.32. The van der Waals surface area contributed by atoms with Crippen molar-refractivity contribution in [2.24, 2.45) is 17.1 Å². The fourth-order valence-electron chi connectivity index (χ4n) is 2.31. The Kier molecular flexibility index (Phi) is 6.81. The number of hydrogen-bond acceptors (Lipinski definition) is 2. The van der Waals surface area contributed by atoms with E-state index in [9.17, 15) is 9.18 Å². The summed E-state index contributed by atoms with van der Waals surface area (Å²) in [6.45, 7) is 7.14. The highest BCUT2D eigenvalue weighted by Gasteiger charge is 2.24. The Morgan fingerprint density at radius 1 is 1.38 bits per heavy atom. The summed E-state index contributed by atoms with van der Waals surface area (Å²) in [4.78, 5) is 12.0. The molecular formula is C16H24BrFN2O. The molecular weight excluding hydrogens is 335 g/mol. The van der Waals surface area contributed by atoms with Crippen LogP contribution in [0.5, 0.6) is 0 Å². The summed E-state index contributed by atoms with van der Waals surface area (Å²) in [7, 11) is 0. The zero-order chi connectivity index (χ0) is 16.0. The summed E-state index contributed by atoms with van der Waals surface area (Å²) >= 11 is 3.10. The number of carbonyl (C=O) groups is 1. The molecule has 1 amide bonds. The van der Waals surface area contributed by atoms with Crippen LogP contribution in [0, 0.1) is 17.2 Å². The van der Waals surface area contributed by atoms with Gasteiger partial charge in [0.1, 0.15) is 5.82 Å². The highest BCUT2D eigenvalue weighted by atomic mass is 79.9. The third-order valence-corrected chi connectivity index (χ3v) is 4.27. The number of halogens is 2. The number of benzene rings is 1. The van der Waals surface area contributed by atoms with Crippen molar-refractivity contribution < 1.29 is 9.18 Å². The summed E-state index contributed by atoms with van der Waals surface area (Å²) in [6.07, 6.45) is 2.16. The van der Waals surface area contributed by atoms with Crippen molar-refractivity contribution in [3.8, 4) is 0 Å². The van der Waals surface area contributed by atoms with Crippen molar-refractivity contribution in [3.05, 3.63) is 28.5 Å². The predicted molar refractivity (Wildman–Crippen MR) is 88.6 cm³/mol. The summed E-state index contributed by atoms with van der Waals surface area (Å²) in [5, 5.41) is 2.79. The maximum atomic E-state index is 13.1. The first kappa shape index (κ1) is 18.1. The average Bonchev–Trinajstić information content (AvgIpc) is 2.37. The standard InChI is InChI=1S/C16H24BrFN2O/c1-16(2,3)11(8-9-19)4-7-15(21)20-12-5-6-14(18)13(17)10-12/h5-6,10-11H,4,7-9,19H2,1-3H3,(H,20,21). The minimum atomic E-state index is -0.344. The molecule has 0 aromatic heterocycles. The van der Waals surface area contributed by atoms with Gasteiger partial charge in [0.15, 0.2) is 0 Å². The fraction of sp³-hybridized carbons (Fsp3) is 0.562. The van der Waals surface area contributed by atoms with Gasteiger partial charge in [-0.15, -0.1) is 0 Å². The van der Waals surface area contributed by atoms with Gasteiger partial charge >= 0.3 is 0 Å². The summed E-state index contributed by atoms with van der Waals surface area (Å²) in [5.41, 5.74) is 6.38. The molecule has 0 spiro atoms. The lowest BCUT2D eigenvalue weighted by atomic mass is 9.76. The SMILES string of the molecule is CC(C)(C)C(CCN)CCC(=O)Nc1ccc(F)c(Br)c1. The molecule has 1 rings (SSSR count). The van der Waals surface area contributed by atoms with Crippen LogP contribution in [0.15, 0.2) is 22.7 Å². The number of hydrogen-bond donors (Lipinski definition) is 2. The minimum Gasteiger partial charge on any atom is -0.330 e. The molecule has 0 heterocycles. The molecule has 1 aromatic carbocycles. The van der Waals surface area contributed by atoms with Gasteiger partial charge in [0.05, 0.1) is 4.47 Å². The van der Waals surface area contributed by atoms with E-state index in [1.54, 1.807) is 12.1 Å². The Morgan fingerprint density at radius 2 is 2.05 bits per heavy atom. The van der Waals surface area contributed by atoms with E-state index in [2.05, 4.69) is 42.0 Å². The van der Waals surface area contributed by atoms with E-state index in [1.165, 1.54) is 6.07 Å². The van der Waals surface area contributed by atoms with Crippen LogP contribution in [0.4, 0.5) is 10.1 Å². The van der Waals surface area contributed by atoms with Crippen molar-refractivity contribution >= 4 is 27.5 Å². The van der Waals surface area contributed by atoms with Crippen LogP contribution in [0.3, 0.4) is 0 Å². The zero-order valence-electron chi connectivity index (χ0n) is 12.9. The Bertz CT molecular complexity index is 486. The van der Waals surface area contributed by atoms with Crippen LogP contribution in [0.25, 0.3) is 0 Å². The first-order chi connectivity index (χ1) is 9.74. The molecule has 1 unspecified atom stereocenters. The molecule has 0 aliphatic carbocycles. The molecule has 118 valence electrons. The van der Waals surface area contributed by atoms with Gasteiger partial charge in [0.2, 0.25) is 5.91 Å². The molecule has 3 nitrogen and oxygen atoms in total. The van der Waals surface area contributed by atoms with Crippen LogP contribution in [-0.2, 0) is 4.79 Å². The number of nitrogens with two attached hydrogens (primary N) is 1. The van der Waals surface area contributed by atoms with Crippen LogP contribution < -0.4 is 11.1 Å². The predicted octanol–water partition coefficient (Wildman–Crippen LogP) is 4.32. The lowest BCUT2D eigenvalue weighted by Gasteiger charge is -2.30. The lowest BCUT2D eigenvalue weighted by Crippen LogP contribution is -2.25. The molecule has 3 N–H and O–H groups in total.